The molecule has 31 heavy (non-hydrogen) atoms. The summed E-state index contributed by atoms with van der Waals surface area (Å²) in [6.45, 7) is 6.10. The summed E-state index contributed by atoms with van der Waals surface area (Å²) in [5.41, 5.74) is 3.12. The number of hydrogen-bond donors (Lipinski definition) is 2. The molecule has 9 nitrogen and oxygen atoms in total. The van der Waals surface area contributed by atoms with Crippen molar-refractivity contribution in [3.63, 3.8) is 0 Å². The number of nitrogens with one attached hydrogen (secondary N) is 1. The Kier molecular flexibility index (Phi) is 6.58. The molecule has 0 unspecified atom stereocenters. The fourth-order valence-electron chi connectivity index (χ4n) is 3.45. The molecule has 3 N–H and O–H groups in total. The first-order valence-corrected chi connectivity index (χ1v) is 12.1. The monoisotopic (exact) mass is 464 g/mol. The number of Topliss-reactive ketones (excluding diaryl/α,β-unsaturated/α-hetero) is 1. The summed E-state index contributed by atoms with van der Waals surface area (Å²) >= 11 is 1.25. The number of aromatic nitrogens is 3. The molecule has 166 valence electrons. The van der Waals surface area contributed by atoms with Gasteiger partial charge in [0, 0.05) is 12.2 Å². The molecule has 0 bridgehead atoms. The van der Waals surface area contributed by atoms with E-state index in [1.807, 2.05) is 11.5 Å². The van der Waals surface area contributed by atoms with Crippen LogP contribution in [0.5, 0.6) is 0 Å². The van der Waals surface area contributed by atoms with Gasteiger partial charge in [-0.2, -0.15) is 0 Å². The number of sulfonamides is 1. The average molecular weight is 465 g/mol. The number of primary sulfonamides is 1. The molecule has 11 heteroatoms. The van der Waals surface area contributed by atoms with Crippen LogP contribution in [0.25, 0.3) is 11.0 Å². The fraction of sp³-hybridized carbons (Fsp3) is 0.350. The lowest BCUT2D eigenvalue weighted by Crippen LogP contribution is -2.11. The lowest BCUT2D eigenvalue weighted by molar-refractivity contribution is 0.0599. The van der Waals surface area contributed by atoms with Crippen LogP contribution in [0.4, 0.5) is 0 Å². The Bertz CT molecular complexity index is 1270. The van der Waals surface area contributed by atoms with E-state index in [0.717, 1.165) is 11.9 Å². The molecule has 0 aliphatic rings. The van der Waals surface area contributed by atoms with E-state index in [4.69, 9.17) is 9.88 Å². The number of aryl methyl sites for hydroxylation is 2. The number of thioether (sulfide) groups is 1. The van der Waals surface area contributed by atoms with Crippen molar-refractivity contribution in [3.8, 4) is 0 Å². The number of ketones is 1. The quantitative estimate of drug-likeness (QED) is 0.297. The van der Waals surface area contributed by atoms with Gasteiger partial charge in [0.2, 0.25) is 10.0 Å². The average Bonchev–Trinajstić information content (AvgIpc) is 3.21. The summed E-state index contributed by atoms with van der Waals surface area (Å²) in [7, 11) is -2.54. The number of benzene rings is 1. The van der Waals surface area contributed by atoms with Crippen LogP contribution in [0.2, 0.25) is 0 Å². The van der Waals surface area contributed by atoms with E-state index < -0.39 is 16.0 Å². The number of carbonyl (C=O) groups excluding carboxylic acids is 2. The second kappa shape index (κ2) is 8.85. The zero-order valence-corrected chi connectivity index (χ0v) is 19.3. The zero-order chi connectivity index (χ0) is 22.9. The smallest absolute Gasteiger partial charge is 0.339 e. The number of H-pyrrole nitrogens is 1. The number of rotatable bonds is 8. The number of aromatic amines is 1. The van der Waals surface area contributed by atoms with Crippen LogP contribution in [0, 0.1) is 13.8 Å². The highest BCUT2D eigenvalue weighted by atomic mass is 32.2. The van der Waals surface area contributed by atoms with Crippen LogP contribution in [-0.4, -0.2) is 47.6 Å². The number of nitrogens with two attached hydrogens (primary N) is 1. The molecule has 0 spiro atoms. The highest BCUT2D eigenvalue weighted by molar-refractivity contribution is 7.99. The molecule has 0 saturated heterocycles. The van der Waals surface area contributed by atoms with Crippen molar-refractivity contribution in [2.75, 3.05) is 12.9 Å². The standard InChI is InChI=1S/C20H24N4O5S2/c1-5-8-24-15-7-6-13(31(21,27)28)9-14(15)23-20(24)30-10-16(25)18-11(2)17(12(3)22-18)19(26)29-4/h6-7,9,22H,5,8,10H2,1-4H3,(H2,21,27,28). The molecule has 1 aromatic carbocycles. The molecule has 0 atom stereocenters. The van der Waals surface area contributed by atoms with Crippen molar-refractivity contribution in [1.82, 2.24) is 14.5 Å². The minimum absolute atomic E-state index is 0.0124. The van der Waals surface area contributed by atoms with Gasteiger partial charge in [0.05, 0.1) is 40.0 Å². The highest BCUT2D eigenvalue weighted by Gasteiger charge is 2.23. The van der Waals surface area contributed by atoms with Crippen LogP contribution in [0.3, 0.4) is 0 Å². The first-order valence-electron chi connectivity index (χ1n) is 9.55. The fourth-order valence-corrected chi connectivity index (χ4v) is 4.90. The summed E-state index contributed by atoms with van der Waals surface area (Å²) in [6, 6.07) is 4.55. The van der Waals surface area contributed by atoms with Gasteiger partial charge in [-0.3, -0.25) is 4.79 Å². The topological polar surface area (TPSA) is 137 Å². The van der Waals surface area contributed by atoms with Crippen molar-refractivity contribution in [1.29, 1.82) is 0 Å². The number of carbonyl (C=O) groups is 2. The molecule has 0 radical (unpaired) electrons. The van der Waals surface area contributed by atoms with Gasteiger partial charge in [0.1, 0.15) is 0 Å². The summed E-state index contributed by atoms with van der Waals surface area (Å²) in [4.78, 5) is 32.3. The minimum Gasteiger partial charge on any atom is -0.465 e. The molecular weight excluding hydrogens is 440 g/mol. The number of hydrogen-bond acceptors (Lipinski definition) is 7. The largest absolute Gasteiger partial charge is 0.465 e. The van der Waals surface area contributed by atoms with Crippen molar-refractivity contribution in [3.05, 3.63) is 40.7 Å². The second-order valence-electron chi connectivity index (χ2n) is 7.07. The normalized spacial score (nSPS) is 11.8. The van der Waals surface area contributed by atoms with Crippen LogP contribution >= 0.6 is 11.8 Å². The third-order valence-corrected chi connectivity index (χ3v) is 6.79. The Labute approximate surface area is 184 Å². The van der Waals surface area contributed by atoms with E-state index in [9.17, 15) is 18.0 Å². The Balaban J connectivity index is 1.90. The predicted molar refractivity (Wildman–Crippen MR) is 118 cm³/mol. The maximum Gasteiger partial charge on any atom is 0.339 e. The molecule has 0 saturated carbocycles. The van der Waals surface area contributed by atoms with Gasteiger partial charge in [0.15, 0.2) is 10.9 Å². The van der Waals surface area contributed by atoms with Crippen LogP contribution in [0.1, 0.15) is 45.4 Å². The predicted octanol–water partition coefficient (Wildman–Crippen LogP) is 2.80. The van der Waals surface area contributed by atoms with E-state index in [-0.39, 0.29) is 16.4 Å². The SMILES string of the molecule is CCCn1c(SCC(=O)c2[nH]c(C)c(C(=O)OC)c2C)nc2cc(S(N)(=O)=O)ccc21. The number of methoxy groups -OCH3 is 1. The lowest BCUT2D eigenvalue weighted by Gasteiger charge is -2.07. The Morgan fingerprint density at radius 2 is 2.00 bits per heavy atom. The maximum atomic E-state index is 12.8. The van der Waals surface area contributed by atoms with Crippen molar-refractivity contribution in [2.24, 2.45) is 5.14 Å². The third-order valence-electron chi connectivity index (χ3n) is 4.90. The number of esters is 1. The van der Waals surface area contributed by atoms with Crippen LogP contribution in [-0.2, 0) is 21.3 Å². The second-order valence-corrected chi connectivity index (χ2v) is 9.57. The van der Waals surface area contributed by atoms with Crippen LogP contribution in [0.15, 0.2) is 28.3 Å². The summed E-state index contributed by atoms with van der Waals surface area (Å²) < 4.78 is 30.0. The van der Waals surface area contributed by atoms with Gasteiger partial charge in [0.25, 0.3) is 0 Å². The highest BCUT2D eigenvalue weighted by Crippen LogP contribution is 2.28. The van der Waals surface area contributed by atoms with Crippen LogP contribution < -0.4 is 5.14 Å². The number of ether oxygens (including phenoxy) is 1. The lowest BCUT2D eigenvalue weighted by atomic mass is 10.1. The Morgan fingerprint density at radius 3 is 2.61 bits per heavy atom. The van der Waals surface area contributed by atoms with E-state index in [1.54, 1.807) is 19.9 Å². The molecule has 0 aliphatic carbocycles. The molecular formula is C20H24N4O5S2. The van der Waals surface area contributed by atoms with Crippen molar-refractivity contribution >= 4 is 44.6 Å². The summed E-state index contributed by atoms with van der Waals surface area (Å²) in [5, 5.41) is 5.83. The Morgan fingerprint density at radius 1 is 1.29 bits per heavy atom. The van der Waals surface area contributed by atoms with E-state index in [2.05, 4.69) is 9.97 Å². The van der Waals surface area contributed by atoms with E-state index in [1.165, 1.54) is 31.0 Å². The van der Waals surface area contributed by atoms with Gasteiger partial charge in [-0.25, -0.2) is 23.3 Å². The summed E-state index contributed by atoms with van der Waals surface area (Å²) in [6.07, 6.45) is 0.835. The summed E-state index contributed by atoms with van der Waals surface area (Å²) in [5.74, 6) is -0.578. The molecule has 0 fully saturated rings. The van der Waals surface area contributed by atoms with E-state index in [0.29, 0.717) is 39.7 Å². The van der Waals surface area contributed by atoms with Gasteiger partial charge >= 0.3 is 5.97 Å². The minimum atomic E-state index is -3.84. The number of fused-ring (bicyclic) bond motifs is 1. The molecule has 2 aromatic heterocycles. The molecule has 3 rings (SSSR count). The Hall–Kier alpha value is -2.63. The first kappa shape index (κ1) is 23.0. The number of imidazole rings is 1. The molecule has 2 heterocycles. The first-order chi connectivity index (χ1) is 14.6. The van der Waals surface area contributed by atoms with Crippen molar-refractivity contribution in [2.45, 2.75) is 43.8 Å². The van der Waals surface area contributed by atoms with E-state index >= 15 is 0 Å². The van der Waals surface area contributed by atoms with Crippen molar-refractivity contribution < 1.29 is 22.7 Å². The maximum absolute atomic E-state index is 12.8. The number of nitrogens with zero attached hydrogens (tertiary/aromatic N) is 2. The zero-order valence-electron chi connectivity index (χ0n) is 17.7. The molecule has 3 aromatic rings. The third kappa shape index (κ3) is 4.53. The van der Waals surface area contributed by atoms with Gasteiger partial charge < -0.3 is 14.3 Å². The molecule has 0 aliphatic heterocycles. The van der Waals surface area contributed by atoms with Gasteiger partial charge in [-0.15, -0.1) is 0 Å². The van der Waals surface area contributed by atoms with Gasteiger partial charge in [-0.05, 0) is 44.0 Å². The van der Waals surface area contributed by atoms with Gasteiger partial charge in [-0.1, -0.05) is 18.7 Å². The molecule has 0 amide bonds.